The maximum atomic E-state index is 9.44. The number of nitrogens with two attached hydrogens (primary N) is 1. The number of aliphatic hydroxyl groups excluding tert-OH is 1. The quantitative estimate of drug-likeness (QED) is 0.698. The second kappa shape index (κ2) is 3.73. The van der Waals surface area contributed by atoms with Gasteiger partial charge in [-0.25, -0.2) is 0 Å². The third-order valence-electron chi connectivity index (χ3n) is 3.00. The number of hydrogen-bond acceptors (Lipinski definition) is 4. The highest BCUT2D eigenvalue weighted by Gasteiger charge is 2.22. The fraction of sp³-hybridized carbons (Fsp3) is 0.700. The molecule has 2 heterocycles. The van der Waals surface area contributed by atoms with Crippen molar-refractivity contribution in [2.24, 2.45) is 7.05 Å². The molecule has 5 heteroatoms. The normalized spacial score (nSPS) is 18.5. The van der Waals surface area contributed by atoms with E-state index in [1.807, 2.05) is 18.7 Å². The first-order valence-corrected chi connectivity index (χ1v) is 5.31. The van der Waals surface area contributed by atoms with Crippen molar-refractivity contribution in [1.82, 2.24) is 9.78 Å². The Bertz CT molecular complexity index is 353. The van der Waals surface area contributed by atoms with E-state index in [-0.39, 0.29) is 6.10 Å². The summed E-state index contributed by atoms with van der Waals surface area (Å²) < 4.78 is 1.82. The molecular weight excluding hydrogens is 192 g/mol. The number of hydrogen-bond donors (Lipinski definition) is 2. The predicted molar refractivity (Wildman–Crippen MR) is 59.8 cm³/mol. The summed E-state index contributed by atoms with van der Waals surface area (Å²) in [6, 6.07) is 0. The van der Waals surface area contributed by atoms with Gasteiger partial charge in [0.15, 0.2) is 0 Å². The van der Waals surface area contributed by atoms with Crippen molar-refractivity contribution in [1.29, 1.82) is 0 Å². The average molecular weight is 210 g/mol. The zero-order valence-electron chi connectivity index (χ0n) is 9.27. The summed E-state index contributed by atoms with van der Waals surface area (Å²) in [7, 11) is 1.91. The van der Waals surface area contributed by atoms with Gasteiger partial charge in [-0.3, -0.25) is 4.68 Å². The minimum absolute atomic E-state index is 0.156. The van der Waals surface area contributed by atoms with Crippen molar-refractivity contribution in [2.75, 3.05) is 23.7 Å². The summed E-state index contributed by atoms with van der Waals surface area (Å²) in [5, 5.41) is 13.7. The Morgan fingerprint density at radius 3 is 2.47 bits per heavy atom. The minimum Gasteiger partial charge on any atom is -0.394 e. The maximum Gasteiger partial charge on any atom is 0.150 e. The summed E-state index contributed by atoms with van der Waals surface area (Å²) in [4.78, 5) is 2.20. The molecule has 0 unspecified atom stereocenters. The van der Waals surface area contributed by atoms with Crippen LogP contribution < -0.4 is 10.6 Å². The van der Waals surface area contributed by atoms with Crippen LogP contribution in [0.3, 0.4) is 0 Å². The number of piperidine rings is 1. The van der Waals surface area contributed by atoms with E-state index in [1.165, 1.54) is 0 Å². The topological polar surface area (TPSA) is 67.3 Å². The fourth-order valence-corrected chi connectivity index (χ4v) is 2.12. The van der Waals surface area contributed by atoms with Crippen molar-refractivity contribution >= 4 is 11.5 Å². The Balaban J connectivity index is 2.22. The standard InChI is InChI=1S/C10H18N4O/c1-7-9(11)10(13(2)12-7)14-5-3-8(15)4-6-14/h8,15H,3-6,11H2,1-2H3. The highest BCUT2D eigenvalue weighted by atomic mass is 16.3. The molecule has 3 N–H and O–H groups in total. The molecule has 0 radical (unpaired) electrons. The van der Waals surface area contributed by atoms with Gasteiger partial charge in [0.2, 0.25) is 0 Å². The van der Waals surface area contributed by atoms with E-state index in [9.17, 15) is 5.11 Å². The zero-order chi connectivity index (χ0) is 11.0. The Morgan fingerprint density at radius 1 is 1.40 bits per heavy atom. The molecule has 0 atom stereocenters. The lowest BCUT2D eigenvalue weighted by atomic mass is 10.1. The summed E-state index contributed by atoms with van der Waals surface area (Å²) in [5.41, 5.74) is 7.61. The SMILES string of the molecule is Cc1nn(C)c(N2CCC(O)CC2)c1N. The lowest BCUT2D eigenvalue weighted by molar-refractivity contribution is 0.145. The lowest BCUT2D eigenvalue weighted by Gasteiger charge is -2.31. The monoisotopic (exact) mass is 210 g/mol. The maximum absolute atomic E-state index is 9.44. The van der Waals surface area contributed by atoms with Crippen LogP contribution in [0.25, 0.3) is 0 Å². The molecule has 0 spiro atoms. The van der Waals surface area contributed by atoms with Crippen LogP contribution in [-0.4, -0.2) is 34.1 Å². The minimum atomic E-state index is -0.156. The predicted octanol–water partition coefficient (Wildman–Crippen LogP) is 0.272. The molecule has 2 rings (SSSR count). The van der Waals surface area contributed by atoms with Crippen molar-refractivity contribution < 1.29 is 5.11 Å². The molecule has 1 aromatic heterocycles. The van der Waals surface area contributed by atoms with Gasteiger partial charge in [0.25, 0.3) is 0 Å². The first-order valence-electron chi connectivity index (χ1n) is 5.31. The van der Waals surface area contributed by atoms with Crippen molar-refractivity contribution in [3.05, 3.63) is 5.69 Å². The largest absolute Gasteiger partial charge is 0.394 e. The Hall–Kier alpha value is -1.23. The van der Waals surface area contributed by atoms with E-state index < -0.39 is 0 Å². The van der Waals surface area contributed by atoms with Gasteiger partial charge in [-0.1, -0.05) is 0 Å². The third-order valence-corrected chi connectivity index (χ3v) is 3.00. The first-order chi connectivity index (χ1) is 7.09. The van der Waals surface area contributed by atoms with Gasteiger partial charge in [-0.15, -0.1) is 0 Å². The summed E-state index contributed by atoms with van der Waals surface area (Å²) in [5.74, 6) is 0.986. The molecule has 84 valence electrons. The number of anilines is 2. The van der Waals surface area contributed by atoms with Crippen molar-refractivity contribution in [3.63, 3.8) is 0 Å². The second-order valence-corrected chi connectivity index (χ2v) is 4.16. The molecule has 0 bridgehead atoms. The molecule has 0 amide bonds. The third kappa shape index (κ3) is 1.79. The van der Waals surface area contributed by atoms with Crippen LogP contribution in [-0.2, 0) is 7.05 Å². The number of nitrogens with zero attached hydrogens (tertiary/aromatic N) is 3. The van der Waals surface area contributed by atoms with Gasteiger partial charge in [-0.2, -0.15) is 5.10 Å². The molecule has 0 aliphatic carbocycles. The Kier molecular flexibility index (Phi) is 2.56. The average Bonchev–Trinajstić information content (AvgIpc) is 2.44. The number of aryl methyl sites for hydroxylation is 2. The number of nitrogen functional groups attached to an aromatic ring is 1. The van der Waals surface area contributed by atoms with E-state index >= 15 is 0 Å². The molecule has 1 fully saturated rings. The van der Waals surface area contributed by atoms with Crippen LogP contribution in [0, 0.1) is 6.92 Å². The van der Waals surface area contributed by atoms with Gasteiger partial charge in [-0.05, 0) is 19.8 Å². The molecule has 0 saturated carbocycles. The van der Waals surface area contributed by atoms with Crippen LogP contribution in [0.5, 0.6) is 0 Å². The van der Waals surface area contributed by atoms with Gasteiger partial charge in [0.1, 0.15) is 5.82 Å². The second-order valence-electron chi connectivity index (χ2n) is 4.16. The van der Waals surface area contributed by atoms with E-state index in [4.69, 9.17) is 5.73 Å². The van der Waals surface area contributed by atoms with Gasteiger partial charge in [0.05, 0.1) is 17.5 Å². The summed E-state index contributed by atoms with van der Waals surface area (Å²) in [6.07, 6.45) is 1.46. The smallest absolute Gasteiger partial charge is 0.150 e. The van der Waals surface area contributed by atoms with Gasteiger partial charge in [0, 0.05) is 20.1 Å². The van der Waals surface area contributed by atoms with Crippen LogP contribution in [0.4, 0.5) is 11.5 Å². The van der Waals surface area contributed by atoms with Crippen LogP contribution in [0.1, 0.15) is 18.5 Å². The summed E-state index contributed by atoms with van der Waals surface area (Å²) >= 11 is 0. The number of aromatic nitrogens is 2. The highest BCUT2D eigenvalue weighted by Crippen LogP contribution is 2.27. The summed E-state index contributed by atoms with van der Waals surface area (Å²) in [6.45, 7) is 3.62. The van der Waals surface area contributed by atoms with Gasteiger partial charge >= 0.3 is 0 Å². The first kappa shape index (κ1) is 10.3. The molecule has 1 aliphatic heterocycles. The van der Waals surface area contributed by atoms with E-state index in [2.05, 4.69) is 10.00 Å². The highest BCUT2D eigenvalue weighted by molar-refractivity contribution is 5.66. The fourth-order valence-electron chi connectivity index (χ4n) is 2.12. The lowest BCUT2D eigenvalue weighted by Crippen LogP contribution is -2.37. The molecule has 1 aliphatic rings. The number of rotatable bonds is 1. The molecule has 15 heavy (non-hydrogen) atoms. The van der Waals surface area contributed by atoms with Crippen LogP contribution in [0.15, 0.2) is 0 Å². The van der Waals surface area contributed by atoms with Crippen molar-refractivity contribution in [2.45, 2.75) is 25.9 Å². The zero-order valence-corrected chi connectivity index (χ0v) is 9.27. The van der Waals surface area contributed by atoms with Gasteiger partial charge < -0.3 is 15.7 Å². The number of aliphatic hydroxyl groups is 1. The van der Waals surface area contributed by atoms with Crippen molar-refractivity contribution in [3.8, 4) is 0 Å². The molecule has 5 nitrogen and oxygen atoms in total. The van der Waals surface area contributed by atoms with Crippen LogP contribution >= 0.6 is 0 Å². The molecule has 1 aromatic rings. The van der Waals surface area contributed by atoms with E-state index in [0.29, 0.717) is 0 Å². The molecule has 1 saturated heterocycles. The van der Waals surface area contributed by atoms with E-state index in [1.54, 1.807) is 0 Å². The Labute approximate surface area is 89.5 Å². The van der Waals surface area contributed by atoms with E-state index in [0.717, 1.165) is 43.1 Å². The molecular formula is C10H18N4O. The Morgan fingerprint density at radius 2 is 2.00 bits per heavy atom. The van der Waals surface area contributed by atoms with Crippen LogP contribution in [0.2, 0.25) is 0 Å². The molecule has 0 aromatic carbocycles.